The van der Waals surface area contributed by atoms with E-state index in [-0.39, 0.29) is 0 Å². The van der Waals surface area contributed by atoms with Crippen LogP contribution in [0.2, 0.25) is 0 Å². The van der Waals surface area contributed by atoms with E-state index >= 15 is 0 Å². The summed E-state index contributed by atoms with van der Waals surface area (Å²) in [5, 5.41) is 8.06. The molecule has 0 saturated heterocycles. The van der Waals surface area contributed by atoms with Gasteiger partial charge in [-0.25, -0.2) is 4.98 Å². The minimum absolute atomic E-state index is 0.913. The average molecular weight is 651 g/mol. The van der Waals surface area contributed by atoms with E-state index in [0.717, 1.165) is 77.5 Å². The van der Waals surface area contributed by atoms with Crippen molar-refractivity contribution >= 4 is 71.3 Å². The highest BCUT2D eigenvalue weighted by Gasteiger charge is 2.17. The molecule has 0 aliphatic rings. The van der Waals surface area contributed by atoms with Gasteiger partial charge in [0.15, 0.2) is 0 Å². The first-order valence-electron chi connectivity index (χ1n) is 17.2. The predicted molar refractivity (Wildman–Crippen MR) is 213 cm³/mol. The molecular weight excluding hydrogens is 621 g/mol. The number of para-hydroxylation sites is 2. The molecule has 0 saturated carbocycles. The first-order chi connectivity index (χ1) is 25.3. The quantitative estimate of drug-likeness (QED) is 0.174. The summed E-state index contributed by atoms with van der Waals surface area (Å²) in [5.41, 5.74) is 10.4. The molecule has 10 rings (SSSR count). The highest BCUT2D eigenvalue weighted by Crippen LogP contribution is 2.41. The van der Waals surface area contributed by atoms with Gasteiger partial charge < -0.3 is 4.90 Å². The Morgan fingerprint density at radius 3 is 1.84 bits per heavy atom. The van der Waals surface area contributed by atoms with Gasteiger partial charge in [0, 0.05) is 62.0 Å². The van der Waals surface area contributed by atoms with Gasteiger partial charge in [-0.1, -0.05) is 109 Å². The van der Waals surface area contributed by atoms with Crippen molar-refractivity contribution in [2.75, 3.05) is 4.90 Å². The van der Waals surface area contributed by atoms with Gasteiger partial charge >= 0.3 is 0 Å². The number of anilines is 3. The summed E-state index contributed by atoms with van der Waals surface area (Å²) in [5.74, 6) is 0. The lowest BCUT2D eigenvalue weighted by Gasteiger charge is -2.25. The average Bonchev–Trinajstić information content (AvgIpc) is 3.21. The molecule has 4 nitrogen and oxygen atoms in total. The third-order valence-corrected chi connectivity index (χ3v) is 9.90. The summed E-state index contributed by atoms with van der Waals surface area (Å²) in [6, 6.07) is 60.0. The van der Waals surface area contributed by atoms with E-state index in [4.69, 9.17) is 9.97 Å². The zero-order chi connectivity index (χ0) is 33.7. The number of benzene rings is 7. The lowest BCUT2D eigenvalue weighted by Crippen LogP contribution is -2.09. The van der Waals surface area contributed by atoms with Crippen LogP contribution in [-0.4, -0.2) is 15.0 Å². The normalized spacial score (nSPS) is 11.5. The van der Waals surface area contributed by atoms with Crippen LogP contribution in [0.5, 0.6) is 0 Å². The van der Waals surface area contributed by atoms with Gasteiger partial charge in [-0.15, -0.1) is 0 Å². The van der Waals surface area contributed by atoms with Crippen molar-refractivity contribution in [3.8, 4) is 22.4 Å². The fraction of sp³-hybridized carbons (Fsp3) is 0. The van der Waals surface area contributed by atoms with Crippen molar-refractivity contribution in [2.24, 2.45) is 0 Å². The molecule has 0 bridgehead atoms. The van der Waals surface area contributed by atoms with Gasteiger partial charge in [0.25, 0.3) is 0 Å². The van der Waals surface area contributed by atoms with Crippen molar-refractivity contribution < 1.29 is 0 Å². The molecule has 238 valence electrons. The molecule has 0 amide bonds. The van der Waals surface area contributed by atoms with E-state index in [0.29, 0.717) is 0 Å². The second-order valence-corrected chi connectivity index (χ2v) is 12.9. The summed E-state index contributed by atoms with van der Waals surface area (Å²) in [6.45, 7) is 0. The minimum Gasteiger partial charge on any atom is -0.311 e. The number of fused-ring (bicyclic) bond motifs is 8. The highest BCUT2D eigenvalue weighted by molar-refractivity contribution is 6.23. The van der Waals surface area contributed by atoms with Gasteiger partial charge in [0.05, 0.1) is 22.2 Å². The van der Waals surface area contributed by atoms with Crippen LogP contribution in [-0.2, 0) is 0 Å². The van der Waals surface area contributed by atoms with Crippen LogP contribution in [0.1, 0.15) is 0 Å². The summed E-state index contributed by atoms with van der Waals surface area (Å²) in [4.78, 5) is 17.1. The third-order valence-electron chi connectivity index (χ3n) is 9.90. The minimum atomic E-state index is 0.913. The fourth-order valence-electron chi connectivity index (χ4n) is 7.54. The van der Waals surface area contributed by atoms with Crippen LogP contribution in [0.15, 0.2) is 182 Å². The van der Waals surface area contributed by atoms with Crippen molar-refractivity contribution in [3.63, 3.8) is 0 Å². The first kappa shape index (κ1) is 29.0. The molecule has 3 aromatic heterocycles. The number of pyridine rings is 3. The Labute approximate surface area is 294 Å². The van der Waals surface area contributed by atoms with Crippen molar-refractivity contribution in [1.29, 1.82) is 0 Å². The van der Waals surface area contributed by atoms with Crippen LogP contribution in [0.25, 0.3) is 76.6 Å². The van der Waals surface area contributed by atoms with Crippen LogP contribution < -0.4 is 4.90 Å². The first-order valence-corrected chi connectivity index (χ1v) is 17.2. The SMILES string of the molecule is c1ccc(N(c2ccccc2)c2ccc(-c3nc4ccc(-c5ccnc6c5ccc5cccnc56)cc4c4c3ccc3ccccc34)cc2)cc1. The lowest BCUT2D eigenvalue weighted by molar-refractivity contribution is 1.28. The molecule has 7 aromatic carbocycles. The molecule has 3 heterocycles. The predicted octanol–water partition coefficient (Wildman–Crippen LogP) is 12.4. The third kappa shape index (κ3) is 4.88. The molecule has 0 aliphatic carbocycles. The maximum absolute atomic E-state index is 5.37. The van der Waals surface area contributed by atoms with Gasteiger partial charge in [0.1, 0.15) is 0 Å². The largest absolute Gasteiger partial charge is 0.311 e. The molecule has 0 spiro atoms. The van der Waals surface area contributed by atoms with Gasteiger partial charge in [-0.3, -0.25) is 9.97 Å². The smallest absolute Gasteiger partial charge is 0.0970 e. The Hall–Kier alpha value is -6.91. The second-order valence-electron chi connectivity index (χ2n) is 12.9. The van der Waals surface area contributed by atoms with Crippen LogP contribution in [0, 0.1) is 0 Å². The second kappa shape index (κ2) is 11.9. The summed E-state index contributed by atoms with van der Waals surface area (Å²) >= 11 is 0. The summed E-state index contributed by atoms with van der Waals surface area (Å²) < 4.78 is 0. The topological polar surface area (TPSA) is 41.9 Å². The van der Waals surface area contributed by atoms with Crippen molar-refractivity contribution in [1.82, 2.24) is 15.0 Å². The van der Waals surface area contributed by atoms with Gasteiger partial charge in [0.2, 0.25) is 0 Å². The van der Waals surface area contributed by atoms with Crippen LogP contribution in [0.3, 0.4) is 0 Å². The van der Waals surface area contributed by atoms with E-state index in [1.807, 2.05) is 18.5 Å². The lowest BCUT2D eigenvalue weighted by atomic mass is 9.93. The number of aromatic nitrogens is 3. The van der Waals surface area contributed by atoms with E-state index in [1.54, 1.807) is 0 Å². The standard InChI is InChI=1S/C47H30N4/c1-3-12-35(13-4-1)51(36-14-5-2-6-15-36)37-22-17-33(18-23-37)45-41-25-19-31-10-7-8-16-39(31)44(41)42-30-34(21-26-43(42)50-45)38-27-29-49-47-40(38)24-20-32-11-9-28-48-46(32)47/h1-30H. The van der Waals surface area contributed by atoms with E-state index in [1.165, 1.54) is 16.2 Å². The Balaban J connectivity index is 1.16. The van der Waals surface area contributed by atoms with E-state index in [9.17, 15) is 0 Å². The molecule has 0 aliphatic heterocycles. The zero-order valence-corrected chi connectivity index (χ0v) is 27.6. The number of hydrogen-bond acceptors (Lipinski definition) is 4. The molecular formula is C47H30N4. The summed E-state index contributed by atoms with van der Waals surface area (Å²) in [7, 11) is 0. The molecule has 0 radical (unpaired) electrons. The van der Waals surface area contributed by atoms with Crippen molar-refractivity contribution in [3.05, 3.63) is 182 Å². The molecule has 0 unspecified atom stereocenters. The molecule has 51 heavy (non-hydrogen) atoms. The maximum Gasteiger partial charge on any atom is 0.0970 e. The molecule has 0 N–H and O–H groups in total. The molecule has 4 heteroatoms. The number of rotatable bonds is 5. The number of nitrogens with zero attached hydrogens (tertiary/aromatic N) is 4. The molecule has 10 aromatic rings. The van der Waals surface area contributed by atoms with Crippen LogP contribution in [0.4, 0.5) is 17.1 Å². The Kier molecular flexibility index (Phi) is 6.78. The van der Waals surface area contributed by atoms with E-state index in [2.05, 4.69) is 174 Å². The van der Waals surface area contributed by atoms with Crippen molar-refractivity contribution in [2.45, 2.75) is 0 Å². The van der Waals surface area contributed by atoms with Crippen LogP contribution >= 0.6 is 0 Å². The molecule has 0 atom stereocenters. The summed E-state index contributed by atoms with van der Waals surface area (Å²) in [6.07, 6.45) is 3.73. The van der Waals surface area contributed by atoms with E-state index < -0.39 is 0 Å². The maximum atomic E-state index is 5.37. The monoisotopic (exact) mass is 650 g/mol. The Morgan fingerprint density at radius 1 is 0.392 bits per heavy atom. The molecule has 0 fully saturated rings. The number of hydrogen-bond donors (Lipinski definition) is 0. The van der Waals surface area contributed by atoms with Gasteiger partial charge in [-0.2, -0.15) is 0 Å². The Morgan fingerprint density at radius 2 is 1.04 bits per heavy atom. The Bertz CT molecular complexity index is 2860. The highest BCUT2D eigenvalue weighted by atomic mass is 15.1. The van der Waals surface area contributed by atoms with Gasteiger partial charge in [-0.05, 0) is 82.6 Å². The zero-order valence-electron chi connectivity index (χ0n) is 27.6. The fourth-order valence-corrected chi connectivity index (χ4v) is 7.54.